The van der Waals surface area contributed by atoms with Crippen LogP contribution in [0.5, 0.6) is 11.5 Å². The number of aliphatic hydroxyl groups is 1. The molecule has 32 heavy (non-hydrogen) atoms. The maximum atomic E-state index is 10.8. The molecule has 1 aliphatic rings. The molecule has 3 aromatic carbocycles. The molecule has 0 bridgehead atoms. The Morgan fingerprint density at radius 3 is 2.19 bits per heavy atom. The van der Waals surface area contributed by atoms with Crippen LogP contribution in [-0.4, -0.2) is 11.2 Å². The Bertz CT molecular complexity index is 971. The molecule has 3 aromatic rings. The second-order valence-corrected chi connectivity index (χ2v) is 8.35. The minimum Gasteiger partial charge on any atom is -0.489 e. The number of fused-ring (bicyclic) bond motifs is 1. The van der Waals surface area contributed by atoms with Crippen molar-refractivity contribution in [2.75, 3.05) is 0 Å². The first-order chi connectivity index (χ1) is 15.7. The molecule has 0 saturated heterocycles. The fourth-order valence-corrected chi connectivity index (χ4v) is 4.12. The third-order valence-corrected chi connectivity index (χ3v) is 5.83. The lowest BCUT2D eigenvalue weighted by Gasteiger charge is -2.31. The summed E-state index contributed by atoms with van der Waals surface area (Å²) in [4.78, 5) is 0. The van der Waals surface area contributed by atoms with Gasteiger partial charge in [0.05, 0.1) is 11.7 Å². The van der Waals surface area contributed by atoms with Crippen LogP contribution in [0.15, 0.2) is 72.8 Å². The zero-order valence-corrected chi connectivity index (χ0v) is 18.7. The number of benzene rings is 3. The summed E-state index contributed by atoms with van der Waals surface area (Å²) < 4.78 is 18.2. The van der Waals surface area contributed by atoms with Gasteiger partial charge < -0.3 is 19.3 Å². The number of hydrogen-bond acceptors (Lipinski definition) is 4. The van der Waals surface area contributed by atoms with Crippen molar-refractivity contribution in [1.29, 1.82) is 0 Å². The van der Waals surface area contributed by atoms with Crippen molar-refractivity contribution in [3.63, 3.8) is 0 Å². The van der Waals surface area contributed by atoms with Gasteiger partial charge in [-0.2, -0.15) is 0 Å². The lowest BCUT2D eigenvalue weighted by atomic mass is 9.94. The molecule has 4 nitrogen and oxygen atoms in total. The number of aliphatic hydroxyl groups excluding tert-OH is 1. The van der Waals surface area contributed by atoms with Crippen LogP contribution in [0.4, 0.5) is 0 Å². The summed E-state index contributed by atoms with van der Waals surface area (Å²) in [6.07, 6.45) is 4.16. The van der Waals surface area contributed by atoms with Crippen molar-refractivity contribution < 1.29 is 19.3 Å². The van der Waals surface area contributed by atoms with Crippen molar-refractivity contribution in [2.45, 2.75) is 64.6 Å². The first-order valence-electron chi connectivity index (χ1n) is 11.6. The number of ether oxygens (including phenoxy) is 3. The summed E-state index contributed by atoms with van der Waals surface area (Å²) in [7, 11) is 0. The highest BCUT2D eigenvalue weighted by Crippen LogP contribution is 2.40. The van der Waals surface area contributed by atoms with Gasteiger partial charge in [-0.05, 0) is 35.6 Å². The predicted octanol–water partition coefficient (Wildman–Crippen LogP) is 6.36. The molecule has 1 heterocycles. The second kappa shape index (κ2) is 11.2. The molecule has 0 amide bonds. The van der Waals surface area contributed by atoms with Crippen molar-refractivity contribution >= 4 is 0 Å². The van der Waals surface area contributed by atoms with Crippen molar-refractivity contribution in [3.8, 4) is 11.5 Å². The van der Waals surface area contributed by atoms with Gasteiger partial charge in [-0.1, -0.05) is 86.8 Å². The molecule has 1 aliphatic heterocycles. The van der Waals surface area contributed by atoms with Crippen LogP contribution in [0.2, 0.25) is 0 Å². The average molecular weight is 433 g/mol. The summed E-state index contributed by atoms with van der Waals surface area (Å²) in [5.41, 5.74) is 3.94. The Kier molecular flexibility index (Phi) is 7.81. The van der Waals surface area contributed by atoms with Gasteiger partial charge >= 0.3 is 0 Å². The number of unbranched alkanes of at least 4 members (excludes halogenated alkanes) is 2. The highest BCUT2D eigenvalue weighted by Gasteiger charge is 2.30. The van der Waals surface area contributed by atoms with Crippen molar-refractivity contribution in [3.05, 3.63) is 95.1 Å². The molecular formula is C28H32O4. The van der Waals surface area contributed by atoms with Gasteiger partial charge in [-0.15, -0.1) is 0 Å². The Labute approximate surface area is 190 Å². The second-order valence-electron chi connectivity index (χ2n) is 8.35. The van der Waals surface area contributed by atoms with E-state index in [4.69, 9.17) is 14.2 Å². The summed E-state index contributed by atoms with van der Waals surface area (Å²) in [6.45, 7) is 3.09. The van der Waals surface area contributed by atoms with E-state index in [0.29, 0.717) is 19.0 Å². The summed E-state index contributed by atoms with van der Waals surface area (Å²) in [5.74, 6) is 1.37. The van der Waals surface area contributed by atoms with Gasteiger partial charge in [-0.25, -0.2) is 0 Å². The molecule has 0 saturated carbocycles. The van der Waals surface area contributed by atoms with Crippen LogP contribution < -0.4 is 9.47 Å². The van der Waals surface area contributed by atoms with E-state index in [1.807, 2.05) is 72.8 Å². The van der Waals surface area contributed by atoms with E-state index in [0.717, 1.165) is 47.3 Å². The molecular weight excluding hydrogens is 400 g/mol. The molecule has 0 fully saturated rings. The van der Waals surface area contributed by atoms with Crippen LogP contribution in [0.1, 0.15) is 61.2 Å². The highest BCUT2D eigenvalue weighted by molar-refractivity contribution is 5.48. The van der Waals surface area contributed by atoms with Gasteiger partial charge in [0, 0.05) is 6.07 Å². The average Bonchev–Trinajstić information content (AvgIpc) is 2.82. The zero-order valence-electron chi connectivity index (χ0n) is 18.7. The normalized spacial score (nSPS) is 17.6. The first kappa shape index (κ1) is 22.4. The zero-order chi connectivity index (χ0) is 22.2. The van der Waals surface area contributed by atoms with E-state index in [2.05, 4.69) is 6.92 Å². The van der Waals surface area contributed by atoms with Gasteiger partial charge in [0.2, 0.25) is 0 Å². The number of rotatable bonds is 10. The topological polar surface area (TPSA) is 47.9 Å². The standard InChI is InChI=1S/C28H32O4/c1-2-3-6-15-24-16-23-17-25(30-19-21-11-7-4-8-12-21)18-26(27(23)28(29)32-24)31-20-22-13-9-5-10-14-22/h4-5,7-14,17-18,24,28-29H,2-3,6,15-16,19-20H2,1H3/t24-,28?/m1/s1. The van der Waals surface area contributed by atoms with Crippen LogP contribution >= 0.6 is 0 Å². The van der Waals surface area contributed by atoms with Crippen molar-refractivity contribution in [2.24, 2.45) is 0 Å². The maximum absolute atomic E-state index is 10.8. The molecule has 2 atom stereocenters. The van der Waals surface area contributed by atoms with Gasteiger partial charge in [0.1, 0.15) is 24.7 Å². The summed E-state index contributed by atoms with van der Waals surface area (Å²) in [5, 5.41) is 10.8. The molecule has 168 valence electrons. The SMILES string of the molecule is CCCCC[C@@H]1Cc2cc(OCc3ccccc3)cc(OCc3ccccc3)c2C(O)O1. The Hall–Kier alpha value is -2.82. The number of hydrogen-bond donors (Lipinski definition) is 1. The fraction of sp³-hybridized carbons (Fsp3) is 0.357. The molecule has 1 unspecified atom stereocenters. The van der Waals surface area contributed by atoms with Crippen molar-refractivity contribution in [1.82, 2.24) is 0 Å². The summed E-state index contributed by atoms with van der Waals surface area (Å²) in [6, 6.07) is 24.0. The smallest absolute Gasteiger partial charge is 0.185 e. The Morgan fingerprint density at radius 1 is 0.875 bits per heavy atom. The monoisotopic (exact) mass is 432 g/mol. The van der Waals surface area contributed by atoms with Crippen LogP contribution in [0, 0.1) is 0 Å². The van der Waals surface area contributed by atoms with Crippen LogP contribution in [-0.2, 0) is 24.4 Å². The van der Waals surface area contributed by atoms with E-state index < -0.39 is 6.29 Å². The Balaban J connectivity index is 1.56. The highest BCUT2D eigenvalue weighted by atomic mass is 16.6. The molecule has 4 heteroatoms. The van der Waals surface area contributed by atoms with E-state index in [9.17, 15) is 5.11 Å². The Morgan fingerprint density at radius 2 is 1.53 bits per heavy atom. The predicted molar refractivity (Wildman–Crippen MR) is 126 cm³/mol. The third-order valence-electron chi connectivity index (χ3n) is 5.83. The molecule has 0 spiro atoms. The molecule has 0 aliphatic carbocycles. The minimum absolute atomic E-state index is 0.00963. The minimum atomic E-state index is -0.987. The van der Waals surface area contributed by atoms with Gasteiger partial charge in [0.15, 0.2) is 6.29 Å². The largest absolute Gasteiger partial charge is 0.489 e. The fourth-order valence-electron chi connectivity index (χ4n) is 4.12. The summed E-state index contributed by atoms with van der Waals surface area (Å²) >= 11 is 0. The molecule has 1 N–H and O–H groups in total. The van der Waals surface area contributed by atoms with Gasteiger partial charge in [-0.3, -0.25) is 0 Å². The van der Waals surface area contributed by atoms with Gasteiger partial charge in [0.25, 0.3) is 0 Å². The quantitative estimate of drug-likeness (QED) is 0.379. The molecule has 0 radical (unpaired) electrons. The lowest BCUT2D eigenvalue weighted by Crippen LogP contribution is -2.27. The van der Waals surface area contributed by atoms with E-state index >= 15 is 0 Å². The molecule has 0 aromatic heterocycles. The third kappa shape index (κ3) is 5.90. The van der Waals surface area contributed by atoms with Crippen LogP contribution in [0.25, 0.3) is 0 Å². The van der Waals surface area contributed by atoms with Crippen LogP contribution in [0.3, 0.4) is 0 Å². The first-order valence-corrected chi connectivity index (χ1v) is 11.6. The molecule has 4 rings (SSSR count). The lowest BCUT2D eigenvalue weighted by molar-refractivity contribution is -0.152. The van der Waals surface area contributed by atoms with E-state index in [1.165, 1.54) is 12.8 Å². The van der Waals surface area contributed by atoms with E-state index in [-0.39, 0.29) is 6.10 Å². The maximum Gasteiger partial charge on any atom is 0.185 e. The van der Waals surface area contributed by atoms with E-state index in [1.54, 1.807) is 0 Å².